The average molecular weight is 535 g/mol. The molecule has 1 aliphatic heterocycles. The maximum Gasteiger partial charge on any atom is 0.494 e. The van der Waals surface area contributed by atoms with Crippen LogP contribution in [-0.4, -0.2) is 44.4 Å². The van der Waals surface area contributed by atoms with Gasteiger partial charge in [-0.3, -0.25) is 9.59 Å². The number of rotatable bonds is 5. The van der Waals surface area contributed by atoms with E-state index in [1.165, 1.54) is 13.8 Å². The van der Waals surface area contributed by atoms with Gasteiger partial charge in [-0.1, -0.05) is 22.0 Å². The van der Waals surface area contributed by atoms with Gasteiger partial charge in [0.25, 0.3) is 0 Å². The molecule has 1 aliphatic rings. The predicted octanol–water partition coefficient (Wildman–Crippen LogP) is 4.37. The lowest BCUT2D eigenvalue weighted by molar-refractivity contribution is -0.115. The molecule has 0 aliphatic carbocycles. The molecule has 1 fully saturated rings. The molecule has 0 atom stereocenters. The molecule has 0 spiro atoms. The Morgan fingerprint density at radius 1 is 0.824 bits per heavy atom. The van der Waals surface area contributed by atoms with Gasteiger partial charge < -0.3 is 29.4 Å². The molecule has 2 amide bonds. The lowest BCUT2D eigenvalue weighted by Crippen LogP contribution is -2.41. The Morgan fingerprint density at radius 2 is 1.26 bits per heavy atom. The maximum atomic E-state index is 11.3. The first kappa shape index (κ1) is 27.7. The van der Waals surface area contributed by atoms with Crippen LogP contribution >= 0.6 is 15.9 Å². The summed E-state index contributed by atoms with van der Waals surface area (Å²) in [5, 5.41) is 5.43. The number of ether oxygens (including phenoxy) is 2. The van der Waals surface area contributed by atoms with Crippen LogP contribution in [0.15, 0.2) is 40.9 Å². The molecule has 10 heteroatoms. The fourth-order valence-corrected chi connectivity index (χ4v) is 3.47. The number of carbonyl (C=O) groups excluding carboxylic acids is 2. The second-order valence-corrected chi connectivity index (χ2v) is 9.67. The van der Waals surface area contributed by atoms with Gasteiger partial charge in [0.05, 0.1) is 36.8 Å². The fourth-order valence-electron chi connectivity index (χ4n) is 3.11. The van der Waals surface area contributed by atoms with Gasteiger partial charge in [-0.05, 0) is 63.5 Å². The third kappa shape index (κ3) is 6.97. The molecule has 0 radical (unpaired) electrons. The van der Waals surface area contributed by atoms with Gasteiger partial charge >= 0.3 is 7.12 Å². The number of halogens is 1. The van der Waals surface area contributed by atoms with Crippen molar-refractivity contribution in [1.29, 1.82) is 0 Å². The molecule has 1 heterocycles. The minimum absolute atomic E-state index is 0.114. The van der Waals surface area contributed by atoms with Crippen molar-refractivity contribution in [1.82, 2.24) is 0 Å². The van der Waals surface area contributed by atoms with E-state index in [1.807, 2.05) is 45.9 Å². The number of carbonyl (C=O) groups is 2. The Labute approximate surface area is 210 Å². The van der Waals surface area contributed by atoms with Gasteiger partial charge in [0.15, 0.2) is 0 Å². The first-order chi connectivity index (χ1) is 15.8. The lowest BCUT2D eigenvalue weighted by Gasteiger charge is -2.32. The zero-order valence-corrected chi connectivity index (χ0v) is 22.5. The summed E-state index contributed by atoms with van der Waals surface area (Å²) in [4.78, 5) is 22.1. The molecule has 0 aromatic heterocycles. The van der Waals surface area contributed by atoms with E-state index in [9.17, 15) is 9.59 Å². The highest BCUT2D eigenvalue weighted by atomic mass is 79.9. The second-order valence-electron chi connectivity index (χ2n) is 8.75. The minimum atomic E-state index is -0.464. The molecule has 34 heavy (non-hydrogen) atoms. The summed E-state index contributed by atoms with van der Waals surface area (Å²) < 4.78 is 23.2. The zero-order valence-electron chi connectivity index (χ0n) is 20.9. The number of anilines is 2. The summed E-state index contributed by atoms with van der Waals surface area (Å²) in [6.07, 6.45) is 0. The van der Waals surface area contributed by atoms with E-state index in [0.717, 1.165) is 9.94 Å². The van der Waals surface area contributed by atoms with E-state index in [1.54, 1.807) is 32.4 Å². The van der Waals surface area contributed by atoms with Gasteiger partial charge in [0, 0.05) is 18.3 Å². The van der Waals surface area contributed by atoms with E-state index in [-0.39, 0.29) is 11.8 Å². The summed E-state index contributed by atoms with van der Waals surface area (Å²) in [6, 6.07) is 10.9. The summed E-state index contributed by atoms with van der Waals surface area (Å²) >= 11 is 3.31. The smallest absolute Gasteiger partial charge is 0.494 e. The van der Waals surface area contributed by atoms with E-state index in [0.29, 0.717) is 22.9 Å². The van der Waals surface area contributed by atoms with Crippen LogP contribution in [0.1, 0.15) is 41.5 Å². The largest absolute Gasteiger partial charge is 0.495 e. The van der Waals surface area contributed by atoms with Crippen molar-refractivity contribution in [2.75, 3.05) is 24.9 Å². The van der Waals surface area contributed by atoms with Crippen molar-refractivity contribution in [2.24, 2.45) is 0 Å². The van der Waals surface area contributed by atoms with E-state index in [2.05, 4.69) is 26.6 Å². The van der Waals surface area contributed by atoms with Crippen LogP contribution in [0.4, 0.5) is 11.4 Å². The number of benzene rings is 2. The number of amides is 2. The van der Waals surface area contributed by atoms with Crippen LogP contribution in [-0.2, 0) is 18.9 Å². The highest BCUT2D eigenvalue weighted by Crippen LogP contribution is 2.37. The minimum Gasteiger partial charge on any atom is -0.495 e. The van der Waals surface area contributed by atoms with Gasteiger partial charge in [-0.2, -0.15) is 0 Å². The maximum absolute atomic E-state index is 11.3. The molecular formula is C24H32BBrN2O6. The highest BCUT2D eigenvalue weighted by Gasteiger charge is 2.51. The summed E-state index contributed by atoms with van der Waals surface area (Å²) in [6.45, 7) is 10.9. The number of hydrogen-bond donors (Lipinski definition) is 2. The van der Waals surface area contributed by atoms with Crippen LogP contribution in [0.3, 0.4) is 0 Å². The van der Waals surface area contributed by atoms with Crippen LogP contribution in [0.5, 0.6) is 11.5 Å². The zero-order chi connectivity index (χ0) is 25.7. The van der Waals surface area contributed by atoms with Crippen LogP contribution in [0, 0.1) is 0 Å². The SMILES string of the molecule is COc1ccc(B2OC(C)(C)C(C)(C)O2)cc1NC(C)=O.COc1ccc(Br)cc1NC(C)=O. The van der Waals surface area contributed by atoms with Crippen LogP contribution in [0.2, 0.25) is 0 Å². The fraction of sp³-hybridized carbons (Fsp3) is 0.417. The van der Waals surface area contributed by atoms with E-state index < -0.39 is 18.3 Å². The quantitative estimate of drug-likeness (QED) is 0.553. The molecular weight excluding hydrogens is 503 g/mol. The summed E-state index contributed by atoms with van der Waals surface area (Å²) in [7, 11) is 2.66. The van der Waals surface area contributed by atoms with Crippen LogP contribution in [0.25, 0.3) is 0 Å². The third-order valence-electron chi connectivity index (χ3n) is 5.53. The topological polar surface area (TPSA) is 95.1 Å². The number of methoxy groups -OCH3 is 2. The Morgan fingerprint density at radius 3 is 1.71 bits per heavy atom. The Balaban J connectivity index is 0.000000270. The Kier molecular flexibility index (Phi) is 9.16. The second kappa shape index (κ2) is 11.2. The lowest BCUT2D eigenvalue weighted by atomic mass is 9.79. The molecule has 2 aromatic carbocycles. The van der Waals surface area contributed by atoms with Crippen molar-refractivity contribution in [3.63, 3.8) is 0 Å². The molecule has 3 rings (SSSR count). The first-order valence-corrected chi connectivity index (χ1v) is 11.5. The van der Waals surface area contributed by atoms with Crippen LogP contribution < -0.4 is 25.6 Å². The highest BCUT2D eigenvalue weighted by molar-refractivity contribution is 9.10. The Bertz CT molecular complexity index is 1030. The molecule has 1 saturated heterocycles. The predicted molar refractivity (Wildman–Crippen MR) is 138 cm³/mol. The van der Waals surface area contributed by atoms with Gasteiger partial charge in [-0.25, -0.2) is 0 Å². The number of hydrogen-bond acceptors (Lipinski definition) is 6. The molecule has 8 nitrogen and oxygen atoms in total. The molecule has 2 aromatic rings. The first-order valence-electron chi connectivity index (χ1n) is 10.7. The number of nitrogens with one attached hydrogen (secondary N) is 2. The average Bonchev–Trinajstić information content (AvgIpc) is 2.95. The molecule has 184 valence electrons. The molecule has 0 saturated carbocycles. The van der Waals surface area contributed by atoms with E-state index >= 15 is 0 Å². The van der Waals surface area contributed by atoms with Gasteiger partial charge in [0.1, 0.15) is 11.5 Å². The molecule has 2 N–H and O–H groups in total. The molecule has 0 unspecified atom stereocenters. The van der Waals surface area contributed by atoms with Crippen molar-refractivity contribution >= 4 is 51.7 Å². The van der Waals surface area contributed by atoms with Crippen molar-refractivity contribution in [3.8, 4) is 11.5 Å². The van der Waals surface area contributed by atoms with Crippen molar-refractivity contribution in [2.45, 2.75) is 52.7 Å². The third-order valence-corrected chi connectivity index (χ3v) is 6.03. The van der Waals surface area contributed by atoms with Gasteiger partial charge in [-0.15, -0.1) is 0 Å². The monoisotopic (exact) mass is 534 g/mol. The summed E-state index contributed by atoms with van der Waals surface area (Å²) in [5.41, 5.74) is 1.33. The molecule has 0 bridgehead atoms. The normalized spacial score (nSPS) is 15.6. The summed E-state index contributed by atoms with van der Waals surface area (Å²) in [5.74, 6) is 0.986. The van der Waals surface area contributed by atoms with Crippen molar-refractivity contribution in [3.05, 3.63) is 40.9 Å². The van der Waals surface area contributed by atoms with Crippen molar-refractivity contribution < 1.29 is 28.4 Å². The van der Waals surface area contributed by atoms with Gasteiger partial charge in [0.2, 0.25) is 11.8 Å². The van der Waals surface area contributed by atoms with E-state index in [4.69, 9.17) is 18.8 Å². The standard InChI is InChI=1S/C15H22BNO4.C9H10BrNO2/c1-10(18)17-12-9-11(7-8-13(12)19-6)16-20-14(2,3)15(4,5)21-16;1-6(12)11-8-5-7(10)3-4-9(8)13-2/h7-9H,1-6H3,(H,17,18);3-5H,1-2H3,(H,11,12). The Hall–Kier alpha value is -2.56.